The Balaban J connectivity index is 1.75. The molecule has 2 unspecified atom stereocenters. The number of hydrogen-bond donors (Lipinski definition) is 1. The van der Waals surface area contributed by atoms with E-state index in [1.807, 2.05) is 35.2 Å². The van der Waals surface area contributed by atoms with Crippen LogP contribution < -0.4 is 0 Å². The molecule has 5 nitrogen and oxygen atoms in total. The van der Waals surface area contributed by atoms with Crippen molar-refractivity contribution in [1.29, 1.82) is 0 Å². The molecule has 1 aliphatic heterocycles. The van der Waals surface area contributed by atoms with Crippen molar-refractivity contribution in [1.82, 2.24) is 14.9 Å². The van der Waals surface area contributed by atoms with Gasteiger partial charge < -0.3 is 10.0 Å². The first kappa shape index (κ1) is 15.6. The molecule has 1 fully saturated rings. The van der Waals surface area contributed by atoms with E-state index in [0.29, 0.717) is 17.8 Å². The van der Waals surface area contributed by atoms with Gasteiger partial charge in [-0.15, -0.1) is 0 Å². The average molecular weight is 311 g/mol. The van der Waals surface area contributed by atoms with Gasteiger partial charge >= 0.3 is 0 Å². The first-order chi connectivity index (χ1) is 11.1. The van der Waals surface area contributed by atoms with Crippen molar-refractivity contribution in [3.05, 3.63) is 48.3 Å². The number of likely N-dealkylation sites (tertiary alicyclic amines) is 1. The van der Waals surface area contributed by atoms with Crippen molar-refractivity contribution < 1.29 is 9.90 Å². The molecule has 1 N–H and O–H groups in total. The quantitative estimate of drug-likeness (QED) is 0.942. The van der Waals surface area contributed by atoms with Gasteiger partial charge in [0.2, 0.25) is 0 Å². The van der Waals surface area contributed by atoms with Crippen LogP contribution in [0.25, 0.3) is 11.4 Å². The summed E-state index contributed by atoms with van der Waals surface area (Å²) >= 11 is 0. The lowest BCUT2D eigenvalue weighted by atomic mass is 10.1. The highest BCUT2D eigenvalue weighted by atomic mass is 16.3. The lowest BCUT2D eigenvalue weighted by Crippen LogP contribution is -2.37. The topological polar surface area (TPSA) is 66.3 Å². The molecule has 2 heterocycles. The van der Waals surface area contributed by atoms with E-state index in [0.717, 1.165) is 24.9 Å². The number of nitrogens with zero attached hydrogens (tertiary/aromatic N) is 3. The second-order valence-corrected chi connectivity index (χ2v) is 6.04. The van der Waals surface area contributed by atoms with E-state index >= 15 is 0 Å². The van der Waals surface area contributed by atoms with Crippen LogP contribution in [0.15, 0.2) is 42.7 Å². The van der Waals surface area contributed by atoms with Gasteiger partial charge in [-0.1, -0.05) is 30.3 Å². The molecule has 3 rings (SSSR count). The second kappa shape index (κ2) is 6.87. The zero-order chi connectivity index (χ0) is 16.2. The summed E-state index contributed by atoms with van der Waals surface area (Å²) in [6.07, 6.45) is 5.33. The van der Waals surface area contributed by atoms with Crippen molar-refractivity contribution in [2.45, 2.75) is 38.3 Å². The van der Waals surface area contributed by atoms with E-state index in [1.54, 1.807) is 19.3 Å². The molecule has 5 heteroatoms. The van der Waals surface area contributed by atoms with Gasteiger partial charge in [0.1, 0.15) is 0 Å². The molecule has 0 radical (unpaired) electrons. The van der Waals surface area contributed by atoms with Gasteiger partial charge in [0, 0.05) is 30.5 Å². The van der Waals surface area contributed by atoms with Crippen molar-refractivity contribution in [2.75, 3.05) is 6.54 Å². The minimum atomic E-state index is -0.398. The van der Waals surface area contributed by atoms with Gasteiger partial charge in [0.25, 0.3) is 5.91 Å². The smallest absolute Gasteiger partial charge is 0.257 e. The number of carbonyl (C=O) groups excluding carboxylic acids is 1. The van der Waals surface area contributed by atoms with Gasteiger partial charge in [-0.25, -0.2) is 9.97 Å². The molecule has 1 saturated heterocycles. The number of carbonyl (C=O) groups is 1. The normalized spacial score (nSPS) is 18.9. The van der Waals surface area contributed by atoms with Crippen LogP contribution in [0.4, 0.5) is 0 Å². The minimum absolute atomic E-state index is 0.0484. The molecule has 23 heavy (non-hydrogen) atoms. The third-order valence-corrected chi connectivity index (χ3v) is 4.18. The third kappa shape index (κ3) is 3.56. The van der Waals surface area contributed by atoms with E-state index in [-0.39, 0.29) is 11.9 Å². The monoisotopic (exact) mass is 311 g/mol. The number of aromatic nitrogens is 2. The maximum atomic E-state index is 12.7. The molecule has 2 atom stereocenters. The molecule has 0 bridgehead atoms. The highest BCUT2D eigenvalue weighted by Crippen LogP contribution is 2.23. The summed E-state index contributed by atoms with van der Waals surface area (Å²) in [5, 5.41) is 9.58. The summed E-state index contributed by atoms with van der Waals surface area (Å²) < 4.78 is 0. The Morgan fingerprint density at radius 2 is 2.00 bits per heavy atom. The molecule has 2 aromatic rings. The highest BCUT2D eigenvalue weighted by molar-refractivity contribution is 5.94. The first-order valence-electron chi connectivity index (χ1n) is 8.01. The number of amides is 1. The fourth-order valence-electron chi connectivity index (χ4n) is 3.08. The molecule has 1 aliphatic rings. The minimum Gasteiger partial charge on any atom is -0.393 e. The van der Waals surface area contributed by atoms with Crippen LogP contribution in [0.2, 0.25) is 0 Å². The number of aliphatic hydroxyl groups excluding tert-OH is 1. The van der Waals surface area contributed by atoms with Crippen LogP contribution in [0, 0.1) is 0 Å². The van der Waals surface area contributed by atoms with Gasteiger partial charge in [-0.3, -0.25) is 4.79 Å². The fraction of sp³-hybridized carbons (Fsp3) is 0.389. The number of rotatable bonds is 4. The molecule has 1 aromatic heterocycles. The maximum absolute atomic E-state index is 12.7. The maximum Gasteiger partial charge on any atom is 0.257 e. The van der Waals surface area contributed by atoms with Crippen LogP contribution in [0.1, 0.15) is 36.5 Å². The van der Waals surface area contributed by atoms with Gasteiger partial charge in [-0.2, -0.15) is 0 Å². The SMILES string of the molecule is CC(O)CC1CCCN1C(=O)c1cnc(-c2ccccc2)nc1. The Bertz CT molecular complexity index is 656. The Hall–Kier alpha value is -2.27. The Kier molecular flexibility index (Phi) is 4.67. The zero-order valence-corrected chi connectivity index (χ0v) is 13.2. The predicted molar refractivity (Wildman–Crippen MR) is 87.8 cm³/mol. The zero-order valence-electron chi connectivity index (χ0n) is 13.2. The fourth-order valence-corrected chi connectivity index (χ4v) is 3.08. The van der Waals surface area contributed by atoms with E-state index < -0.39 is 6.10 Å². The van der Waals surface area contributed by atoms with Crippen molar-refractivity contribution >= 4 is 5.91 Å². The van der Waals surface area contributed by atoms with Crippen LogP contribution in [-0.4, -0.2) is 44.6 Å². The van der Waals surface area contributed by atoms with E-state index in [9.17, 15) is 9.90 Å². The van der Waals surface area contributed by atoms with Gasteiger partial charge in [-0.05, 0) is 26.2 Å². The largest absolute Gasteiger partial charge is 0.393 e. The molecule has 1 aromatic carbocycles. The molecule has 120 valence electrons. The van der Waals surface area contributed by atoms with Crippen LogP contribution >= 0.6 is 0 Å². The molecular formula is C18H21N3O2. The number of benzene rings is 1. The first-order valence-corrected chi connectivity index (χ1v) is 8.01. The molecule has 1 amide bonds. The predicted octanol–water partition coefficient (Wildman–Crippen LogP) is 2.52. The van der Waals surface area contributed by atoms with Crippen LogP contribution in [0.3, 0.4) is 0 Å². The van der Waals surface area contributed by atoms with Crippen molar-refractivity contribution in [3.63, 3.8) is 0 Å². The molecule has 0 aliphatic carbocycles. The summed E-state index contributed by atoms with van der Waals surface area (Å²) in [5.74, 6) is 0.567. The number of aliphatic hydroxyl groups is 1. The lowest BCUT2D eigenvalue weighted by Gasteiger charge is -2.25. The van der Waals surface area contributed by atoms with E-state index in [4.69, 9.17) is 0 Å². The summed E-state index contributed by atoms with van der Waals surface area (Å²) in [7, 11) is 0. The summed E-state index contributed by atoms with van der Waals surface area (Å²) in [6.45, 7) is 2.50. The summed E-state index contributed by atoms with van der Waals surface area (Å²) in [6, 6.07) is 9.80. The second-order valence-electron chi connectivity index (χ2n) is 6.04. The Labute approximate surface area is 136 Å². The summed E-state index contributed by atoms with van der Waals surface area (Å²) in [4.78, 5) is 23.1. The van der Waals surface area contributed by atoms with Crippen molar-refractivity contribution in [3.8, 4) is 11.4 Å². The molecular weight excluding hydrogens is 290 g/mol. The van der Waals surface area contributed by atoms with Crippen molar-refractivity contribution in [2.24, 2.45) is 0 Å². The van der Waals surface area contributed by atoms with E-state index in [2.05, 4.69) is 9.97 Å². The Morgan fingerprint density at radius 3 is 2.65 bits per heavy atom. The summed E-state index contributed by atoms with van der Waals surface area (Å²) in [5.41, 5.74) is 1.43. The van der Waals surface area contributed by atoms with Gasteiger partial charge in [0.15, 0.2) is 5.82 Å². The van der Waals surface area contributed by atoms with Gasteiger partial charge in [0.05, 0.1) is 11.7 Å². The molecule has 0 spiro atoms. The standard InChI is InChI=1S/C18H21N3O2/c1-13(22)10-16-8-5-9-21(16)18(23)15-11-19-17(20-12-15)14-6-3-2-4-7-14/h2-4,6-7,11-13,16,22H,5,8-10H2,1H3. The Morgan fingerprint density at radius 1 is 1.30 bits per heavy atom. The third-order valence-electron chi connectivity index (χ3n) is 4.18. The average Bonchev–Trinajstić information content (AvgIpc) is 3.02. The molecule has 0 saturated carbocycles. The highest BCUT2D eigenvalue weighted by Gasteiger charge is 2.30. The van der Waals surface area contributed by atoms with Crippen LogP contribution in [-0.2, 0) is 0 Å². The van der Waals surface area contributed by atoms with Crippen LogP contribution in [0.5, 0.6) is 0 Å². The lowest BCUT2D eigenvalue weighted by molar-refractivity contribution is 0.0681. The number of hydrogen-bond acceptors (Lipinski definition) is 4. The van der Waals surface area contributed by atoms with E-state index in [1.165, 1.54) is 0 Å².